The molecule has 9 heteroatoms. The molecule has 3 N–H and O–H groups in total. The molecule has 3 amide bonds. The van der Waals surface area contributed by atoms with Crippen LogP contribution in [0.25, 0.3) is 0 Å². The van der Waals surface area contributed by atoms with Gasteiger partial charge in [-0.1, -0.05) is 81.0 Å². The quantitative estimate of drug-likeness (QED) is 0.137. The summed E-state index contributed by atoms with van der Waals surface area (Å²) in [7, 11) is 1.58. The third kappa shape index (κ3) is 12.3. The van der Waals surface area contributed by atoms with Gasteiger partial charge in [-0.25, -0.2) is 4.79 Å². The second kappa shape index (κ2) is 18.0. The minimum atomic E-state index is -1.05. The van der Waals surface area contributed by atoms with E-state index < -0.39 is 29.7 Å². The SMILES string of the molecule is CCCCCCCCN(C(=O)C(Cc1ccc(O)cc1)NC(=O)OC(C)(C)C)C(C(=O)Nc1ccc(OC)cc1)c1cccc(C)c1. The third-order valence-electron chi connectivity index (χ3n) is 7.68. The van der Waals surface area contributed by atoms with Gasteiger partial charge in [0.05, 0.1) is 7.11 Å². The lowest BCUT2D eigenvalue weighted by Gasteiger charge is -2.35. The molecule has 2 atom stereocenters. The zero-order valence-electron chi connectivity index (χ0n) is 28.7. The van der Waals surface area contributed by atoms with Crippen LogP contribution in [0.3, 0.4) is 0 Å². The van der Waals surface area contributed by atoms with Crippen LogP contribution in [-0.4, -0.2) is 53.2 Å². The zero-order valence-corrected chi connectivity index (χ0v) is 28.7. The molecule has 3 aromatic rings. The number of benzene rings is 3. The maximum Gasteiger partial charge on any atom is 0.408 e. The third-order valence-corrected chi connectivity index (χ3v) is 7.68. The molecule has 0 bridgehead atoms. The number of hydrogen-bond acceptors (Lipinski definition) is 6. The van der Waals surface area contributed by atoms with Gasteiger partial charge in [0.2, 0.25) is 5.91 Å². The Balaban J connectivity index is 2.05. The molecule has 0 saturated carbocycles. The molecule has 0 aliphatic rings. The van der Waals surface area contributed by atoms with Crippen LogP contribution >= 0.6 is 0 Å². The topological polar surface area (TPSA) is 117 Å². The standard InChI is InChI=1S/C38H51N3O6/c1-7-8-9-10-11-12-24-41(36(44)33(40-37(45)47-38(3,4)5)26-28-16-20-31(42)21-17-28)34(29-15-13-14-27(2)25-29)35(43)39-30-18-22-32(46-6)23-19-30/h13-23,25,33-34,42H,7-12,24,26H2,1-6H3,(H,39,43)(H,40,45). The molecule has 254 valence electrons. The van der Waals surface area contributed by atoms with Crippen molar-refractivity contribution in [2.75, 3.05) is 19.0 Å². The van der Waals surface area contributed by atoms with Crippen LogP contribution in [0.1, 0.15) is 89.0 Å². The molecule has 0 aromatic heterocycles. The van der Waals surface area contributed by atoms with Gasteiger partial charge in [0.1, 0.15) is 29.2 Å². The molecule has 47 heavy (non-hydrogen) atoms. The minimum Gasteiger partial charge on any atom is -0.508 e. The summed E-state index contributed by atoms with van der Waals surface area (Å²) in [6.07, 6.45) is 5.38. The number of carbonyl (C=O) groups is 3. The van der Waals surface area contributed by atoms with E-state index in [1.54, 1.807) is 69.2 Å². The number of nitrogens with zero attached hydrogens (tertiary/aromatic N) is 1. The molecular formula is C38H51N3O6. The first-order chi connectivity index (χ1) is 22.4. The Kier molecular flexibility index (Phi) is 14.1. The molecular weight excluding hydrogens is 594 g/mol. The highest BCUT2D eigenvalue weighted by Gasteiger charge is 2.36. The van der Waals surface area contributed by atoms with Gasteiger partial charge in [-0.15, -0.1) is 0 Å². The van der Waals surface area contributed by atoms with Crippen LogP contribution in [0.4, 0.5) is 10.5 Å². The number of ether oxygens (including phenoxy) is 2. The van der Waals surface area contributed by atoms with Crippen LogP contribution < -0.4 is 15.4 Å². The fraction of sp³-hybridized carbons (Fsp3) is 0.447. The van der Waals surface area contributed by atoms with Gasteiger partial charge in [-0.05, 0) is 81.6 Å². The summed E-state index contributed by atoms with van der Waals surface area (Å²) in [6, 6.07) is 19.1. The molecule has 0 heterocycles. The first kappa shape index (κ1) is 36.9. The number of phenolic OH excluding ortho intramolecular Hbond substituents is 1. The van der Waals surface area contributed by atoms with Crippen molar-refractivity contribution in [2.24, 2.45) is 0 Å². The smallest absolute Gasteiger partial charge is 0.408 e. The molecule has 0 spiro atoms. The van der Waals surface area contributed by atoms with Gasteiger partial charge in [0, 0.05) is 18.7 Å². The summed E-state index contributed by atoms with van der Waals surface area (Å²) in [4.78, 5) is 43.7. The Labute approximate surface area is 279 Å². The van der Waals surface area contributed by atoms with Crippen molar-refractivity contribution >= 4 is 23.6 Å². The predicted molar refractivity (Wildman–Crippen MR) is 186 cm³/mol. The maximum atomic E-state index is 14.7. The largest absolute Gasteiger partial charge is 0.508 e. The van der Waals surface area contributed by atoms with Gasteiger partial charge in [-0.2, -0.15) is 0 Å². The maximum absolute atomic E-state index is 14.7. The molecule has 9 nitrogen and oxygen atoms in total. The van der Waals surface area contributed by atoms with E-state index in [-0.39, 0.29) is 18.1 Å². The highest BCUT2D eigenvalue weighted by molar-refractivity contribution is 5.99. The van der Waals surface area contributed by atoms with E-state index in [1.165, 1.54) is 12.1 Å². The summed E-state index contributed by atoms with van der Waals surface area (Å²) < 4.78 is 10.8. The molecule has 3 aromatic carbocycles. The predicted octanol–water partition coefficient (Wildman–Crippen LogP) is 7.71. The van der Waals surface area contributed by atoms with E-state index in [0.717, 1.165) is 43.2 Å². The normalized spacial score (nSPS) is 12.5. The number of anilines is 1. The van der Waals surface area contributed by atoms with Crippen molar-refractivity contribution in [2.45, 2.75) is 97.2 Å². The lowest BCUT2D eigenvalue weighted by molar-refractivity contribution is -0.140. The average molecular weight is 646 g/mol. The van der Waals surface area contributed by atoms with Crippen molar-refractivity contribution in [3.63, 3.8) is 0 Å². The van der Waals surface area contributed by atoms with Gasteiger partial charge in [0.15, 0.2) is 0 Å². The lowest BCUT2D eigenvalue weighted by atomic mass is 9.98. The zero-order chi connectivity index (χ0) is 34.4. The van der Waals surface area contributed by atoms with Gasteiger partial charge in [0.25, 0.3) is 5.91 Å². The second-order valence-corrected chi connectivity index (χ2v) is 12.9. The van der Waals surface area contributed by atoms with E-state index in [1.807, 2.05) is 31.2 Å². The van der Waals surface area contributed by atoms with Crippen molar-refractivity contribution in [1.29, 1.82) is 0 Å². The van der Waals surface area contributed by atoms with E-state index in [0.29, 0.717) is 30.0 Å². The number of rotatable bonds is 16. The van der Waals surface area contributed by atoms with Crippen molar-refractivity contribution < 1.29 is 29.0 Å². The Hall–Kier alpha value is -4.53. The summed E-state index contributed by atoms with van der Waals surface area (Å²) in [5, 5.41) is 15.6. The van der Waals surface area contributed by atoms with Crippen molar-refractivity contribution in [1.82, 2.24) is 10.2 Å². The second-order valence-electron chi connectivity index (χ2n) is 12.9. The molecule has 0 aliphatic carbocycles. The molecule has 0 radical (unpaired) electrons. The number of carbonyl (C=O) groups excluding carboxylic acids is 3. The number of aromatic hydroxyl groups is 1. The highest BCUT2D eigenvalue weighted by Crippen LogP contribution is 2.27. The first-order valence-corrected chi connectivity index (χ1v) is 16.5. The Morgan fingerprint density at radius 2 is 1.55 bits per heavy atom. The van der Waals surface area contributed by atoms with Crippen LogP contribution in [0.2, 0.25) is 0 Å². The molecule has 0 saturated heterocycles. The van der Waals surface area contributed by atoms with E-state index in [2.05, 4.69) is 17.6 Å². The number of methoxy groups -OCH3 is 1. The highest BCUT2D eigenvalue weighted by atomic mass is 16.6. The van der Waals surface area contributed by atoms with Crippen LogP contribution in [-0.2, 0) is 20.7 Å². The number of unbranched alkanes of at least 4 members (excludes halogenated alkanes) is 5. The summed E-state index contributed by atoms with van der Waals surface area (Å²) in [5.74, 6) is -0.0332. The number of alkyl carbamates (subject to hydrolysis) is 1. The molecule has 3 rings (SSSR count). The molecule has 0 fully saturated rings. The lowest BCUT2D eigenvalue weighted by Crippen LogP contribution is -2.53. The number of hydrogen-bond donors (Lipinski definition) is 3. The molecule has 0 aliphatic heterocycles. The minimum absolute atomic E-state index is 0.0936. The first-order valence-electron chi connectivity index (χ1n) is 16.5. The summed E-state index contributed by atoms with van der Waals surface area (Å²) in [5.41, 5.74) is 2.12. The van der Waals surface area contributed by atoms with Crippen LogP contribution in [0, 0.1) is 6.92 Å². The Morgan fingerprint density at radius 1 is 0.894 bits per heavy atom. The number of nitrogens with one attached hydrogen (secondary N) is 2. The number of phenols is 1. The van der Waals surface area contributed by atoms with E-state index in [9.17, 15) is 19.5 Å². The number of aryl methyl sites for hydroxylation is 1. The molecule has 2 unspecified atom stereocenters. The number of amides is 3. The van der Waals surface area contributed by atoms with E-state index in [4.69, 9.17) is 9.47 Å². The van der Waals surface area contributed by atoms with E-state index >= 15 is 0 Å². The summed E-state index contributed by atoms with van der Waals surface area (Å²) in [6.45, 7) is 9.68. The average Bonchev–Trinajstić information content (AvgIpc) is 3.02. The fourth-order valence-corrected chi connectivity index (χ4v) is 5.34. The van der Waals surface area contributed by atoms with Gasteiger partial charge < -0.3 is 30.1 Å². The Morgan fingerprint density at radius 3 is 2.17 bits per heavy atom. The fourth-order valence-electron chi connectivity index (χ4n) is 5.34. The van der Waals surface area contributed by atoms with Crippen molar-refractivity contribution in [3.05, 3.63) is 89.5 Å². The van der Waals surface area contributed by atoms with Crippen LogP contribution in [0.15, 0.2) is 72.8 Å². The van der Waals surface area contributed by atoms with Gasteiger partial charge >= 0.3 is 6.09 Å². The monoisotopic (exact) mass is 645 g/mol. The summed E-state index contributed by atoms with van der Waals surface area (Å²) >= 11 is 0. The van der Waals surface area contributed by atoms with Crippen molar-refractivity contribution in [3.8, 4) is 11.5 Å². The van der Waals surface area contributed by atoms with Crippen LogP contribution in [0.5, 0.6) is 11.5 Å². The van der Waals surface area contributed by atoms with Gasteiger partial charge in [-0.3, -0.25) is 9.59 Å². The Bertz CT molecular complexity index is 1430.